The molecule has 0 radical (unpaired) electrons. The van der Waals surface area contributed by atoms with Gasteiger partial charge in [-0.2, -0.15) is 0 Å². The van der Waals surface area contributed by atoms with Crippen molar-refractivity contribution in [3.63, 3.8) is 0 Å². The first-order valence-corrected chi connectivity index (χ1v) is 10.1. The van der Waals surface area contributed by atoms with Crippen molar-refractivity contribution in [2.75, 3.05) is 24.4 Å². The van der Waals surface area contributed by atoms with Crippen molar-refractivity contribution in [1.82, 2.24) is 4.90 Å². The summed E-state index contributed by atoms with van der Waals surface area (Å²) in [6, 6.07) is 12.7. The molecule has 1 aliphatic rings. The fraction of sp³-hybridized carbons (Fsp3) is 0.278. The Kier molecular flexibility index (Phi) is 5.68. The zero-order valence-electron chi connectivity index (χ0n) is 14.0. The maximum absolute atomic E-state index is 12.4. The molecule has 0 aromatic heterocycles. The molecule has 8 heteroatoms. The van der Waals surface area contributed by atoms with Crippen molar-refractivity contribution in [3.05, 3.63) is 53.6 Å². The highest BCUT2D eigenvalue weighted by atomic mass is 35.5. The van der Waals surface area contributed by atoms with Crippen LogP contribution in [0.2, 0.25) is 5.02 Å². The molecule has 0 aliphatic carbocycles. The fourth-order valence-corrected chi connectivity index (χ4v) is 4.07. The summed E-state index contributed by atoms with van der Waals surface area (Å²) in [5.41, 5.74) is 0.458. The molecule has 1 saturated heterocycles. The minimum Gasteiger partial charge on any atom is -0.482 e. The van der Waals surface area contributed by atoms with Crippen molar-refractivity contribution in [2.45, 2.75) is 17.7 Å². The van der Waals surface area contributed by atoms with Crippen molar-refractivity contribution in [3.8, 4) is 5.75 Å². The average molecular weight is 395 g/mol. The molecule has 138 valence electrons. The Balaban J connectivity index is 1.67. The summed E-state index contributed by atoms with van der Waals surface area (Å²) in [7, 11) is -3.76. The highest BCUT2D eigenvalue weighted by molar-refractivity contribution is 7.92. The summed E-state index contributed by atoms with van der Waals surface area (Å²) in [6.07, 6.45) is 2.01. The molecule has 2 aromatic rings. The number of ether oxygens (including phenoxy) is 1. The van der Waals surface area contributed by atoms with Crippen molar-refractivity contribution >= 4 is 33.2 Å². The molecule has 0 unspecified atom stereocenters. The van der Waals surface area contributed by atoms with Gasteiger partial charge in [-0.3, -0.25) is 9.52 Å². The molecule has 0 atom stereocenters. The Hall–Kier alpha value is -2.25. The molecular formula is C18H19ClN2O4S. The van der Waals surface area contributed by atoms with Gasteiger partial charge in [0.15, 0.2) is 6.61 Å². The third-order valence-corrected chi connectivity index (χ3v) is 5.72. The molecule has 1 heterocycles. The smallest absolute Gasteiger partial charge is 0.261 e. The van der Waals surface area contributed by atoms with Crippen molar-refractivity contribution < 1.29 is 17.9 Å². The van der Waals surface area contributed by atoms with Crippen LogP contribution in [-0.4, -0.2) is 38.9 Å². The molecule has 0 bridgehead atoms. The first-order valence-electron chi connectivity index (χ1n) is 8.24. The van der Waals surface area contributed by atoms with Gasteiger partial charge in [0.25, 0.3) is 15.9 Å². The molecule has 3 rings (SSSR count). The number of anilines is 1. The number of hydrogen-bond acceptors (Lipinski definition) is 4. The van der Waals surface area contributed by atoms with Crippen LogP contribution in [0.1, 0.15) is 12.8 Å². The quantitative estimate of drug-likeness (QED) is 0.816. The second-order valence-corrected chi connectivity index (χ2v) is 8.03. The van der Waals surface area contributed by atoms with Crippen LogP contribution < -0.4 is 9.46 Å². The minimum absolute atomic E-state index is 0.0181. The maximum Gasteiger partial charge on any atom is 0.261 e. The van der Waals surface area contributed by atoms with E-state index in [0.29, 0.717) is 5.69 Å². The molecule has 0 saturated carbocycles. The second kappa shape index (κ2) is 7.97. The molecule has 1 fully saturated rings. The van der Waals surface area contributed by atoms with Crippen LogP contribution >= 0.6 is 11.6 Å². The van der Waals surface area contributed by atoms with Gasteiger partial charge < -0.3 is 9.64 Å². The third-order valence-electron chi connectivity index (χ3n) is 4.05. The summed E-state index contributed by atoms with van der Waals surface area (Å²) in [5, 5.41) is 0.134. The highest BCUT2D eigenvalue weighted by Crippen LogP contribution is 2.28. The molecule has 0 spiro atoms. The maximum atomic E-state index is 12.4. The van der Waals surface area contributed by atoms with E-state index in [2.05, 4.69) is 4.72 Å². The van der Waals surface area contributed by atoms with Crippen LogP contribution in [0.4, 0.5) is 5.69 Å². The highest BCUT2D eigenvalue weighted by Gasteiger charge is 2.20. The van der Waals surface area contributed by atoms with Crippen molar-refractivity contribution in [2.24, 2.45) is 0 Å². The van der Waals surface area contributed by atoms with Crippen LogP contribution in [0, 0.1) is 0 Å². The van der Waals surface area contributed by atoms with E-state index in [1.807, 2.05) is 0 Å². The Morgan fingerprint density at radius 2 is 1.81 bits per heavy atom. The fourth-order valence-electron chi connectivity index (χ4n) is 2.68. The number of carbonyl (C=O) groups is 1. The summed E-state index contributed by atoms with van der Waals surface area (Å²) < 4.78 is 32.8. The first kappa shape index (κ1) is 18.5. The number of nitrogens with one attached hydrogen (secondary N) is 1. The van der Waals surface area contributed by atoms with Crippen LogP contribution in [0.15, 0.2) is 53.4 Å². The number of halogens is 1. The molecule has 1 N–H and O–H groups in total. The van der Waals surface area contributed by atoms with Crippen LogP contribution in [0.3, 0.4) is 0 Å². The predicted molar refractivity (Wildman–Crippen MR) is 100 cm³/mol. The van der Waals surface area contributed by atoms with E-state index in [9.17, 15) is 13.2 Å². The van der Waals surface area contributed by atoms with E-state index in [-0.39, 0.29) is 28.2 Å². The second-order valence-electron chi connectivity index (χ2n) is 5.94. The van der Waals surface area contributed by atoms with E-state index >= 15 is 0 Å². The summed E-state index contributed by atoms with van der Waals surface area (Å²) in [5.74, 6) is 0.180. The number of likely N-dealkylation sites (tertiary alicyclic amines) is 1. The number of para-hydroxylation sites is 1. The average Bonchev–Trinajstić information content (AvgIpc) is 3.15. The van der Waals surface area contributed by atoms with Gasteiger partial charge in [-0.25, -0.2) is 8.42 Å². The minimum atomic E-state index is -3.76. The lowest BCUT2D eigenvalue weighted by atomic mass is 10.3. The third kappa shape index (κ3) is 4.47. The largest absolute Gasteiger partial charge is 0.482 e. The molecule has 1 amide bonds. The van der Waals surface area contributed by atoms with E-state index in [1.165, 1.54) is 18.2 Å². The van der Waals surface area contributed by atoms with E-state index in [1.54, 1.807) is 35.2 Å². The van der Waals surface area contributed by atoms with Gasteiger partial charge in [-0.15, -0.1) is 0 Å². The van der Waals surface area contributed by atoms with E-state index in [4.69, 9.17) is 16.3 Å². The first-order chi connectivity index (χ1) is 12.5. The monoisotopic (exact) mass is 394 g/mol. The molecule has 6 nitrogen and oxygen atoms in total. The molecule has 26 heavy (non-hydrogen) atoms. The molecule has 1 aliphatic heterocycles. The summed E-state index contributed by atoms with van der Waals surface area (Å²) >= 11 is 6.14. The number of carbonyl (C=O) groups excluding carboxylic acids is 1. The Morgan fingerprint density at radius 1 is 1.12 bits per heavy atom. The van der Waals surface area contributed by atoms with E-state index < -0.39 is 10.0 Å². The van der Waals surface area contributed by atoms with Gasteiger partial charge in [-0.1, -0.05) is 29.8 Å². The number of rotatable bonds is 6. The van der Waals surface area contributed by atoms with Crippen LogP contribution in [0.5, 0.6) is 5.75 Å². The van der Waals surface area contributed by atoms with Gasteiger partial charge in [0.05, 0.1) is 9.92 Å². The van der Waals surface area contributed by atoms with Crippen molar-refractivity contribution in [1.29, 1.82) is 0 Å². The van der Waals surface area contributed by atoms with Crippen LogP contribution in [0.25, 0.3) is 0 Å². The molecule has 2 aromatic carbocycles. The Morgan fingerprint density at radius 3 is 2.46 bits per heavy atom. The number of amides is 1. The topological polar surface area (TPSA) is 75.7 Å². The number of sulfonamides is 1. The van der Waals surface area contributed by atoms with Gasteiger partial charge in [0, 0.05) is 18.8 Å². The van der Waals surface area contributed by atoms with Gasteiger partial charge in [0.2, 0.25) is 0 Å². The zero-order valence-corrected chi connectivity index (χ0v) is 15.6. The zero-order chi connectivity index (χ0) is 18.6. The Labute approximate surface area is 157 Å². The van der Waals surface area contributed by atoms with Gasteiger partial charge in [-0.05, 0) is 43.2 Å². The standard InChI is InChI=1S/C18H19ClN2O4S/c19-16-12-15(26(23,24)20-14-6-2-1-3-7-14)8-9-17(16)25-13-18(22)21-10-4-5-11-21/h1-3,6-9,12,20H,4-5,10-11,13H2. The molecular weight excluding hydrogens is 376 g/mol. The number of hydrogen-bond donors (Lipinski definition) is 1. The Bertz CT molecular complexity index is 881. The SMILES string of the molecule is O=C(COc1ccc(S(=O)(=O)Nc2ccccc2)cc1Cl)N1CCCC1. The lowest BCUT2D eigenvalue weighted by molar-refractivity contribution is -0.132. The van der Waals surface area contributed by atoms with Gasteiger partial charge in [0.1, 0.15) is 5.75 Å². The lowest BCUT2D eigenvalue weighted by Crippen LogP contribution is -2.32. The number of benzene rings is 2. The summed E-state index contributed by atoms with van der Waals surface area (Å²) in [6.45, 7) is 1.38. The predicted octanol–water partition coefficient (Wildman–Crippen LogP) is 3.14. The normalized spacial score (nSPS) is 14.3. The lowest BCUT2D eigenvalue weighted by Gasteiger charge is -2.16. The number of nitrogens with zero attached hydrogens (tertiary/aromatic N) is 1. The van der Waals surface area contributed by atoms with E-state index in [0.717, 1.165) is 25.9 Å². The summed E-state index contributed by atoms with van der Waals surface area (Å²) in [4.78, 5) is 13.8. The van der Waals surface area contributed by atoms with Crippen LogP contribution in [-0.2, 0) is 14.8 Å². The van der Waals surface area contributed by atoms with Gasteiger partial charge >= 0.3 is 0 Å².